The molecule has 0 bridgehead atoms. The standard InChI is InChI=1S/C12H14F3NO2/c1-8-4-3-5-10(6-8)18-9(2)11(17)16-7-12(13,14)15/h3-6,9H,7H2,1-2H3,(H,16,17). The topological polar surface area (TPSA) is 38.3 Å². The van der Waals surface area contributed by atoms with E-state index < -0.39 is 24.7 Å². The van der Waals surface area contributed by atoms with Gasteiger partial charge in [0.15, 0.2) is 6.10 Å². The van der Waals surface area contributed by atoms with Crippen molar-refractivity contribution in [1.29, 1.82) is 0 Å². The van der Waals surface area contributed by atoms with Crippen molar-refractivity contribution in [3.05, 3.63) is 29.8 Å². The third-order valence-corrected chi connectivity index (χ3v) is 2.13. The van der Waals surface area contributed by atoms with Gasteiger partial charge in [0.2, 0.25) is 0 Å². The van der Waals surface area contributed by atoms with Gasteiger partial charge in [0.1, 0.15) is 12.3 Å². The molecule has 1 rings (SSSR count). The van der Waals surface area contributed by atoms with Crippen LogP contribution in [0.2, 0.25) is 0 Å². The summed E-state index contributed by atoms with van der Waals surface area (Å²) >= 11 is 0. The van der Waals surface area contributed by atoms with Crippen molar-refractivity contribution in [2.45, 2.75) is 26.1 Å². The summed E-state index contributed by atoms with van der Waals surface area (Å²) in [5, 5.41) is 1.77. The first-order valence-electron chi connectivity index (χ1n) is 5.36. The fourth-order valence-electron chi connectivity index (χ4n) is 1.28. The third kappa shape index (κ3) is 5.07. The Morgan fingerprint density at radius 2 is 2.11 bits per heavy atom. The summed E-state index contributed by atoms with van der Waals surface area (Å²) in [5.41, 5.74) is 0.940. The predicted octanol–water partition coefficient (Wildman–Crippen LogP) is 2.44. The summed E-state index contributed by atoms with van der Waals surface area (Å²) in [6.07, 6.45) is -5.40. The zero-order chi connectivity index (χ0) is 13.8. The fraction of sp³-hybridized carbons (Fsp3) is 0.417. The maximum Gasteiger partial charge on any atom is 0.405 e. The second kappa shape index (κ2) is 5.75. The molecule has 0 fully saturated rings. The van der Waals surface area contributed by atoms with Crippen LogP contribution in [0.4, 0.5) is 13.2 Å². The van der Waals surface area contributed by atoms with Crippen LogP contribution in [-0.4, -0.2) is 24.7 Å². The number of amides is 1. The molecular weight excluding hydrogens is 247 g/mol. The zero-order valence-corrected chi connectivity index (χ0v) is 10.0. The number of rotatable bonds is 4. The van der Waals surface area contributed by atoms with Gasteiger partial charge in [-0.25, -0.2) is 0 Å². The van der Waals surface area contributed by atoms with Crippen LogP contribution in [-0.2, 0) is 4.79 Å². The van der Waals surface area contributed by atoms with Crippen molar-refractivity contribution in [1.82, 2.24) is 5.32 Å². The SMILES string of the molecule is Cc1cccc(OC(C)C(=O)NCC(F)(F)F)c1. The molecule has 1 unspecified atom stereocenters. The number of carbonyl (C=O) groups excluding carboxylic acids is 1. The van der Waals surface area contributed by atoms with E-state index in [2.05, 4.69) is 0 Å². The Kier molecular flexibility index (Phi) is 4.58. The molecule has 1 atom stereocenters. The second-order valence-electron chi connectivity index (χ2n) is 3.91. The number of ether oxygens (including phenoxy) is 1. The van der Waals surface area contributed by atoms with E-state index in [9.17, 15) is 18.0 Å². The molecule has 0 heterocycles. The van der Waals surface area contributed by atoms with E-state index in [0.29, 0.717) is 5.75 Å². The van der Waals surface area contributed by atoms with Gasteiger partial charge in [-0.1, -0.05) is 12.1 Å². The molecule has 0 aromatic heterocycles. The summed E-state index contributed by atoms with van der Waals surface area (Å²) in [5.74, 6) is -0.349. The van der Waals surface area contributed by atoms with E-state index in [1.807, 2.05) is 13.0 Å². The second-order valence-corrected chi connectivity index (χ2v) is 3.91. The van der Waals surface area contributed by atoms with Gasteiger partial charge in [0, 0.05) is 0 Å². The molecule has 0 aliphatic rings. The van der Waals surface area contributed by atoms with Crippen molar-refractivity contribution < 1.29 is 22.7 Å². The van der Waals surface area contributed by atoms with E-state index in [1.54, 1.807) is 23.5 Å². The molecule has 0 saturated carbocycles. The van der Waals surface area contributed by atoms with Gasteiger partial charge in [-0.05, 0) is 31.5 Å². The van der Waals surface area contributed by atoms with Crippen LogP contribution < -0.4 is 10.1 Å². The van der Waals surface area contributed by atoms with Crippen LogP contribution in [0, 0.1) is 6.92 Å². The number of carbonyl (C=O) groups is 1. The molecule has 1 aromatic rings. The molecule has 100 valence electrons. The molecule has 18 heavy (non-hydrogen) atoms. The largest absolute Gasteiger partial charge is 0.481 e. The highest BCUT2D eigenvalue weighted by molar-refractivity contribution is 5.80. The third-order valence-electron chi connectivity index (χ3n) is 2.13. The number of hydrogen-bond acceptors (Lipinski definition) is 2. The van der Waals surface area contributed by atoms with Crippen molar-refractivity contribution in [2.75, 3.05) is 6.54 Å². The first-order valence-corrected chi connectivity index (χ1v) is 5.36. The minimum absolute atomic E-state index is 0.449. The average Bonchev–Trinajstić information content (AvgIpc) is 2.24. The Morgan fingerprint density at radius 3 is 2.67 bits per heavy atom. The van der Waals surface area contributed by atoms with Crippen LogP contribution in [0.25, 0.3) is 0 Å². The number of alkyl halides is 3. The fourth-order valence-corrected chi connectivity index (χ4v) is 1.28. The highest BCUT2D eigenvalue weighted by atomic mass is 19.4. The Morgan fingerprint density at radius 1 is 1.44 bits per heavy atom. The Bertz CT molecular complexity index is 418. The zero-order valence-electron chi connectivity index (χ0n) is 10.0. The number of nitrogens with one attached hydrogen (secondary N) is 1. The van der Waals surface area contributed by atoms with Crippen molar-refractivity contribution in [3.63, 3.8) is 0 Å². The quantitative estimate of drug-likeness (QED) is 0.904. The number of aryl methyl sites for hydroxylation is 1. The van der Waals surface area contributed by atoms with Crippen molar-refractivity contribution in [2.24, 2.45) is 0 Å². The lowest BCUT2D eigenvalue weighted by molar-refractivity contribution is -0.142. The lowest BCUT2D eigenvalue weighted by Crippen LogP contribution is -2.41. The summed E-state index contributed by atoms with van der Waals surface area (Å²) in [7, 11) is 0. The average molecular weight is 261 g/mol. The first-order chi connectivity index (χ1) is 8.28. The van der Waals surface area contributed by atoms with E-state index >= 15 is 0 Å². The molecule has 3 nitrogen and oxygen atoms in total. The van der Waals surface area contributed by atoms with E-state index in [0.717, 1.165) is 5.56 Å². The summed E-state index contributed by atoms with van der Waals surface area (Å²) in [6, 6.07) is 6.93. The molecule has 1 aromatic carbocycles. The minimum atomic E-state index is -4.42. The van der Waals surface area contributed by atoms with E-state index in [1.165, 1.54) is 6.92 Å². The van der Waals surface area contributed by atoms with Crippen molar-refractivity contribution in [3.8, 4) is 5.75 Å². The van der Waals surface area contributed by atoms with Crippen LogP contribution >= 0.6 is 0 Å². The molecule has 1 N–H and O–H groups in total. The van der Waals surface area contributed by atoms with Gasteiger partial charge in [-0.3, -0.25) is 4.79 Å². The molecule has 1 amide bonds. The van der Waals surface area contributed by atoms with Gasteiger partial charge in [0.05, 0.1) is 0 Å². The van der Waals surface area contributed by atoms with Gasteiger partial charge < -0.3 is 10.1 Å². The number of halogens is 3. The lowest BCUT2D eigenvalue weighted by atomic mass is 10.2. The van der Waals surface area contributed by atoms with Crippen LogP contribution in [0.3, 0.4) is 0 Å². The molecule has 0 spiro atoms. The monoisotopic (exact) mass is 261 g/mol. The van der Waals surface area contributed by atoms with Crippen LogP contribution in [0.1, 0.15) is 12.5 Å². The Hall–Kier alpha value is -1.72. The predicted molar refractivity (Wildman–Crippen MR) is 60.3 cm³/mol. The van der Waals surface area contributed by atoms with Gasteiger partial charge in [0.25, 0.3) is 5.91 Å². The van der Waals surface area contributed by atoms with Crippen molar-refractivity contribution >= 4 is 5.91 Å². The maximum atomic E-state index is 11.9. The molecular formula is C12H14F3NO2. The van der Waals surface area contributed by atoms with Gasteiger partial charge >= 0.3 is 6.18 Å². The van der Waals surface area contributed by atoms with E-state index in [4.69, 9.17) is 4.74 Å². The molecule has 6 heteroatoms. The number of benzene rings is 1. The molecule has 0 aliphatic heterocycles. The van der Waals surface area contributed by atoms with Gasteiger partial charge in [-0.15, -0.1) is 0 Å². The highest BCUT2D eigenvalue weighted by Crippen LogP contribution is 2.15. The minimum Gasteiger partial charge on any atom is -0.481 e. The van der Waals surface area contributed by atoms with Gasteiger partial charge in [-0.2, -0.15) is 13.2 Å². The number of hydrogen-bond donors (Lipinski definition) is 1. The normalized spacial score (nSPS) is 12.9. The van der Waals surface area contributed by atoms with Crippen LogP contribution in [0.5, 0.6) is 5.75 Å². The van der Waals surface area contributed by atoms with E-state index in [-0.39, 0.29) is 0 Å². The molecule has 0 radical (unpaired) electrons. The molecule has 0 saturated heterocycles. The summed E-state index contributed by atoms with van der Waals surface area (Å²) in [4.78, 5) is 11.3. The summed E-state index contributed by atoms with van der Waals surface area (Å²) < 4.78 is 41.0. The summed E-state index contributed by atoms with van der Waals surface area (Å²) in [6.45, 7) is 1.89. The molecule has 0 aliphatic carbocycles. The Balaban J connectivity index is 2.50. The smallest absolute Gasteiger partial charge is 0.405 e. The first kappa shape index (κ1) is 14.3. The lowest BCUT2D eigenvalue weighted by Gasteiger charge is -2.15. The Labute approximate surface area is 103 Å². The highest BCUT2D eigenvalue weighted by Gasteiger charge is 2.29. The maximum absolute atomic E-state index is 11.9. The van der Waals surface area contributed by atoms with Crippen LogP contribution in [0.15, 0.2) is 24.3 Å².